The second-order valence-corrected chi connectivity index (χ2v) is 8.90. The van der Waals surface area contributed by atoms with Crippen LogP contribution in [0.4, 0.5) is 0 Å². The predicted octanol–water partition coefficient (Wildman–Crippen LogP) is 4.14. The van der Waals surface area contributed by atoms with E-state index in [2.05, 4.69) is 0 Å². The molecule has 22 heavy (non-hydrogen) atoms. The molecule has 0 aromatic rings. The molecule has 0 radical (unpaired) electrons. The summed E-state index contributed by atoms with van der Waals surface area (Å²) < 4.78 is 0. The summed E-state index contributed by atoms with van der Waals surface area (Å²) in [7, 11) is 0. The topological polar surface area (TPSA) is 40.5 Å². The van der Waals surface area contributed by atoms with Crippen molar-refractivity contribution in [1.29, 1.82) is 0 Å². The van der Waals surface area contributed by atoms with Crippen molar-refractivity contribution in [2.75, 3.05) is 0 Å². The van der Waals surface area contributed by atoms with Gasteiger partial charge in [-0.25, -0.2) is 0 Å². The third kappa shape index (κ3) is 2.65. The smallest absolute Gasteiger partial charge is 0.0626 e. The minimum Gasteiger partial charge on any atom is -0.392 e. The fourth-order valence-corrected chi connectivity index (χ4v) is 6.83. The quantitative estimate of drug-likeness (QED) is 0.805. The standard InChI is InChI=1S/C20H34O2/c21-19-16(13-6-1-2-7-13)11-5-10-15-12-17(20(22)18(15)19)14-8-3-4-9-14/h13-22H,1-12H2/t15?,16-,17+,18?,19?,20?/m1/s1. The highest BCUT2D eigenvalue weighted by atomic mass is 16.3. The van der Waals surface area contributed by atoms with E-state index in [4.69, 9.17) is 0 Å². The van der Waals surface area contributed by atoms with Crippen LogP contribution in [0.25, 0.3) is 0 Å². The van der Waals surface area contributed by atoms with Crippen LogP contribution in [0, 0.1) is 35.5 Å². The summed E-state index contributed by atoms with van der Waals surface area (Å²) in [6.07, 6.45) is 15.2. The Morgan fingerprint density at radius 2 is 1.00 bits per heavy atom. The summed E-state index contributed by atoms with van der Waals surface area (Å²) in [5.41, 5.74) is 0. The largest absolute Gasteiger partial charge is 0.392 e. The first-order valence-electron chi connectivity index (χ1n) is 10.1. The van der Waals surface area contributed by atoms with Gasteiger partial charge in [0.25, 0.3) is 0 Å². The minimum absolute atomic E-state index is 0.193. The minimum atomic E-state index is -0.225. The lowest BCUT2D eigenvalue weighted by atomic mass is 9.76. The molecule has 4 unspecified atom stereocenters. The van der Waals surface area contributed by atoms with E-state index >= 15 is 0 Å². The van der Waals surface area contributed by atoms with Gasteiger partial charge in [0.2, 0.25) is 0 Å². The van der Waals surface area contributed by atoms with Crippen LogP contribution in [0.15, 0.2) is 0 Å². The van der Waals surface area contributed by atoms with Crippen LogP contribution in [-0.4, -0.2) is 22.4 Å². The first-order valence-corrected chi connectivity index (χ1v) is 10.1. The Morgan fingerprint density at radius 3 is 1.64 bits per heavy atom. The van der Waals surface area contributed by atoms with E-state index in [0.29, 0.717) is 17.8 Å². The first kappa shape index (κ1) is 15.4. The van der Waals surface area contributed by atoms with Gasteiger partial charge in [-0.2, -0.15) is 0 Å². The average Bonchev–Trinajstić information content (AvgIpc) is 3.23. The molecule has 2 nitrogen and oxygen atoms in total. The zero-order chi connectivity index (χ0) is 15.1. The molecule has 0 saturated heterocycles. The number of aliphatic hydroxyl groups excluding tert-OH is 2. The molecule has 2 N–H and O–H groups in total. The Kier molecular flexibility index (Phi) is 4.52. The van der Waals surface area contributed by atoms with E-state index < -0.39 is 0 Å². The van der Waals surface area contributed by atoms with Crippen LogP contribution < -0.4 is 0 Å². The number of hydrogen-bond donors (Lipinski definition) is 2. The van der Waals surface area contributed by atoms with Gasteiger partial charge in [-0.3, -0.25) is 0 Å². The first-order chi connectivity index (χ1) is 10.8. The Bertz CT molecular complexity index is 370. The van der Waals surface area contributed by atoms with E-state index in [1.165, 1.54) is 77.0 Å². The van der Waals surface area contributed by atoms with Crippen molar-refractivity contribution in [3.8, 4) is 0 Å². The third-order valence-electron chi connectivity index (χ3n) is 7.91. The zero-order valence-electron chi connectivity index (χ0n) is 14.0. The Hall–Kier alpha value is -0.0800. The molecule has 2 heteroatoms. The van der Waals surface area contributed by atoms with Crippen LogP contribution in [0.3, 0.4) is 0 Å². The van der Waals surface area contributed by atoms with E-state index in [0.717, 1.165) is 11.8 Å². The monoisotopic (exact) mass is 306 g/mol. The highest BCUT2D eigenvalue weighted by molar-refractivity contribution is 5.01. The number of hydrogen-bond acceptors (Lipinski definition) is 2. The highest BCUT2D eigenvalue weighted by Crippen LogP contribution is 2.52. The van der Waals surface area contributed by atoms with Crippen LogP contribution in [0.1, 0.15) is 77.0 Å². The fourth-order valence-electron chi connectivity index (χ4n) is 6.83. The molecular weight excluding hydrogens is 272 g/mol. The number of aliphatic hydroxyl groups is 2. The predicted molar refractivity (Wildman–Crippen MR) is 88.4 cm³/mol. The summed E-state index contributed by atoms with van der Waals surface area (Å²) in [5, 5.41) is 22.2. The summed E-state index contributed by atoms with van der Waals surface area (Å²) in [6, 6.07) is 0. The van der Waals surface area contributed by atoms with Gasteiger partial charge in [0.1, 0.15) is 0 Å². The van der Waals surface area contributed by atoms with Gasteiger partial charge in [-0.1, -0.05) is 57.8 Å². The number of fused-ring (bicyclic) bond motifs is 1. The number of rotatable bonds is 2. The van der Waals surface area contributed by atoms with Gasteiger partial charge < -0.3 is 10.2 Å². The molecule has 4 saturated carbocycles. The van der Waals surface area contributed by atoms with Crippen molar-refractivity contribution in [2.24, 2.45) is 35.5 Å². The Balaban J connectivity index is 1.50. The molecule has 4 rings (SSSR count). The van der Waals surface area contributed by atoms with Crippen LogP contribution in [0.2, 0.25) is 0 Å². The molecule has 0 bridgehead atoms. The summed E-state index contributed by atoms with van der Waals surface area (Å²) in [4.78, 5) is 0. The molecule has 0 aromatic heterocycles. The molecular formula is C20H34O2. The van der Waals surface area contributed by atoms with Crippen molar-refractivity contribution in [2.45, 2.75) is 89.3 Å². The second-order valence-electron chi connectivity index (χ2n) is 8.90. The maximum Gasteiger partial charge on any atom is 0.0626 e. The van der Waals surface area contributed by atoms with Gasteiger partial charge >= 0.3 is 0 Å². The SMILES string of the molecule is OC1C2C(CCC[C@@H]1C1CCCC1)C[C@@H](C1CCCC1)C2O. The second kappa shape index (κ2) is 6.43. The zero-order valence-corrected chi connectivity index (χ0v) is 14.0. The molecule has 0 aliphatic heterocycles. The fraction of sp³-hybridized carbons (Fsp3) is 1.00. The molecule has 4 aliphatic carbocycles. The van der Waals surface area contributed by atoms with Crippen molar-refractivity contribution in [3.05, 3.63) is 0 Å². The molecule has 6 atom stereocenters. The van der Waals surface area contributed by atoms with Crippen molar-refractivity contribution >= 4 is 0 Å². The molecule has 0 aromatic carbocycles. The van der Waals surface area contributed by atoms with Crippen molar-refractivity contribution < 1.29 is 10.2 Å². The van der Waals surface area contributed by atoms with Crippen LogP contribution >= 0.6 is 0 Å². The maximum absolute atomic E-state index is 11.2. The van der Waals surface area contributed by atoms with E-state index in [1.807, 2.05) is 0 Å². The van der Waals surface area contributed by atoms with Gasteiger partial charge in [0.15, 0.2) is 0 Å². The maximum atomic E-state index is 11.2. The lowest BCUT2D eigenvalue weighted by Gasteiger charge is -2.34. The lowest BCUT2D eigenvalue weighted by Crippen LogP contribution is -2.40. The molecule has 0 heterocycles. The average molecular weight is 306 g/mol. The van der Waals surface area contributed by atoms with Crippen molar-refractivity contribution in [3.63, 3.8) is 0 Å². The van der Waals surface area contributed by atoms with Gasteiger partial charge in [-0.15, -0.1) is 0 Å². The normalized spacial score (nSPS) is 47.7. The van der Waals surface area contributed by atoms with Crippen molar-refractivity contribution in [1.82, 2.24) is 0 Å². The van der Waals surface area contributed by atoms with Gasteiger partial charge in [-0.05, 0) is 48.9 Å². The summed E-state index contributed by atoms with van der Waals surface area (Å²) in [5.74, 6) is 3.26. The van der Waals surface area contributed by atoms with Gasteiger partial charge in [0, 0.05) is 5.92 Å². The molecule has 0 spiro atoms. The van der Waals surface area contributed by atoms with E-state index in [1.54, 1.807) is 0 Å². The molecule has 0 amide bonds. The molecule has 126 valence electrons. The molecule has 4 aliphatic rings. The van der Waals surface area contributed by atoms with Gasteiger partial charge in [0.05, 0.1) is 12.2 Å². The lowest BCUT2D eigenvalue weighted by molar-refractivity contribution is -0.0430. The Morgan fingerprint density at radius 1 is 0.500 bits per heavy atom. The van der Waals surface area contributed by atoms with E-state index in [9.17, 15) is 10.2 Å². The van der Waals surface area contributed by atoms with E-state index in [-0.39, 0.29) is 18.1 Å². The highest BCUT2D eigenvalue weighted by Gasteiger charge is 2.51. The third-order valence-corrected chi connectivity index (χ3v) is 7.91. The van der Waals surface area contributed by atoms with Crippen LogP contribution in [0.5, 0.6) is 0 Å². The summed E-state index contributed by atoms with van der Waals surface area (Å²) >= 11 is 0. The van der Waals surface area contributed by atoms with Crippen LogP contribution in [-0.2, 0) is 0 Å². The Labute approximate surface area is 135 Å². The summed E-state index contributed by atoms with van der Waals surface area (Å²) in [6.45, 7) is 0. The molecule has 4 fully saturated rings.